The molecule has 0 atom stereocenters. The number of hydrogen-bond donors (Lipinski definition) is 1. The Balaban J connectivity index is 2.04. The van der Waals surface area contributed by atoms with Crippen molar-refractivity contribution in [3.05, 3.63) is 64.2 Å². The van der Waals surface area contributed by atoms with E-state index in [9.17, 15) is 13.9 Å². The molecule has 2 aromatic carbocycles. The van der Waals surface area contributed by atoms with Crippen LogP contribution in [0.2, 0.25) is 5.02 Å². The van der Waals surface area contributed by atoms with E-state index in [0.29, 0.717) is 21.7 Å². The number of aromatic nitrogens is 1. The van der Waals surface area contributed by atoms with Crippen molar-refractivity contribution in [1.82, 2.24) is 4.98 Å². The van der Waals surface area contributed by atoms with Crippen molar-refractivity contribution >= 4 is 34.1 Å². The molecule has 7 heteroatoms. The molecule has 120 valence electrons. The van der Waals surface area contributed by atoms with Crippen LogP contribution in [0.5, 0.6) is 5.88 Å². The molecule has 24 heavy (non-hydrogen) atoms. The van der Waals surface area contributed by atoms with Gasteiger partial charge in [0.05, 0.1) is 0 Å². The van der Waals surface area contributed by atoms with Gasteiger partial charge in [-0.3, -0.25) is 0 Å². The van der Waals surface area contributed by atoms with E-state index in [4.69, 9.17) is 16.9 Å². The largest absolute Gasteiger partial charge is 0.492 e. The smallest absolute Gasteiger partial charge is 0.231 e. The average molecular weight is 363 g/mol. The highest BCUT2D eigenvalue weighted by atomic mass is 35.5. The first-order chi connectivity index (χ1) is 11.5. The van der Waals surface area contributed by atoms with Gasteiger partial charge in [-0.15, -0.1) is 11.8 Å². The molecule has 0 saturated carbocycles. The minimum Gasteiger partial charge on any atom is -0.492 e. The van der Waals surface area contributed by atoms with Crippen molar-refractivity contribution < 1.29 is 13.9 Å². The number of aromatic hydroxyl groups is 1. The summed E-state index contributed by atoms with van der Waals surface area (Å²) in [6.07, 6.45) is 0. The molecule has 0 unspecified atom stereocenters. The Labute approximate surface area is 145 Å². The van der Waals surface area contributed by atoms with E-state index in [0.717, 1.165) is 0 Å². The van der Waals surface area contributed by atoms with Crippen molar-refractivity contribution in [2.45, 2.75) is 10.8 Å². The van der Waals surface area contributed by atoms with Crippen LogP contribution in [0.25, 0.3) is 10.8 Å². The van der Waals surface area contributed by atoms with Gasteiger partial charge in [0.25, 0.3) is 0 Å². The first kappa shape index (κ1) is 16.5. The van der Waals surface area contributed by atoms with Crippen LogP contribution in [0.15, 0.2) is 41.4 Å². The Morgan fingerprint density at radius 2 is 2.04 bits per heavy atom. The molecule has 0 spiro atoms. The molecule has 1 aromatic heterocycles. The van der Waals surface area contributed by atoms with Crippen LogP contribution in [0, 0.1) is 23.0 Å². The summed E-state index contributed by atoms with van der Waals surface area (Å²) in [5.74, 6) is -1.22. The van der Waals surface area contributed by atoms with Crippen molar-refractivity contribution in [1.29, 1.82) is 5.26 Å². The summed E-state index contributed by atoms with van der Waals surface area (Å²) in [6.45, 7) is 0. The van der Waals surface area contributed by atoms with E-state index < -0.39 is 17.5 Å². The quantitative estimate of drug-likeness (QED) is 0.663. The maximum Gasteiger partial charge on any atom is 0.231 e. The first-order valence-corrected chi connectivity index (χ1v) is 8.15. The van der Waals surface area contributed by atoms with Gasteiger partial charge in [-0.2, -0.15) is 5.26 Å². The van der Waals surface area contributed by atoms with Gasteiger partial charge >= 0.3 is 0 Å². The summed E-state index contributed by atoms with van der Waals surface area (Å²) in [5.41, 5.74) is 0.477. The Kier molecular flexibility index (Phi) is 4.56. The summed E-state index contributed by atoms with van der Waals surface area (Å²) in [5, 5.41) is 20.1. The van der Waals surface area contributed by atoms with Crippen LogP contribution in [0.4, 0.5) is 8.78 Å². The predicted molar refractivity (Wildman–Crippen MR) is 89.1 cm³/mol. The number of benzene rings is 2. The molecule has 0 aliphatic rings. The molecular formula is C17H9ClF2N2OS. The third-order valence-electron chi connectivity index (χ3n) is 3.42. The Hall–Kier alpha value is -2.36. The number of thioether (sulfide) groups is 1. The van der Waals surface area contributed by atoms with Crippen LogP contribution in [0.3, 0.4) is 0 Å². The summed E-state index contributed by atoms with van der Waals surface area (Å²) < 4.78 is 27.2. The molecule has 1 heterocycles. The number of nitrogens with zero attached hydrogens (tertiary/aromatic N) is 2. The van der Waals surface area contributed by atoms with Gasteiger partial charge in [-0.25, -0.2) is 13.8 Å². The number of fused-ring (bicyclic) bond motifs is 1. The monoisotopic (exact) mass is 362 g/mol. The number of nitriles is 1. The molecule has 0 aliphatic heterocycles. The normalized spacial score (nSPS) is 10.8. The van der Waals surface area contributed by atoms with Gasteiger partial charge in [0.15, 0.2) is 0 Å². The Morgan fingerprint density at radius 1 is 1.25 bits per heavy atom. The summed E-state index contributed by atoms with van der Waals surface area (Å²) in [4.78, 5) is 3.99. The second-order valence-corrected chi connectivity index (χ2v) is 6.29. The van der Waals surface area contributed by atoms with Crippen LogP contribution in [-0.4, -0.2) is 10.1 Å². The molecular weight excluding hydrogens is 354 g/mol. The summed E-state index contributed by atoms with van der Waals surface area (Å²) in [6, 6.07) is 10.2. The van der Waals surface area contributed by atoms with Gasteiger partial charge < -0.3 is 5.11 Å². The molecule has 0 bridgehead atoms. The third kappa shape index (κ3) is 3.01. The summed E-state index contributed by atoms with van der Waals surface area (Å²) in [7, 11) is 0. The lowest BCUT2D eigenvalue weighted by atomic mass is 10.1. The minimum absolute atomic E-state index is 0.0280. The Morgan fingerprint density at radius 3 is 2.75 bits per heavy atom. The topological polar surface area (TPSA) is 56.9 Å². The molecule has 0 fully saturated rings. The van der Waals surface area contributed by atoms with Crippen molar-refractivity contribution in [3.8, 4) is 11.9 Å². The fourth-order valence-electron chi connectivity index (χ4n) is 2.28. The SMILES string of the molecule is N#Cc1c(O)nc(SCc2ccc(F)cc2Cl)c2cccc(F)c12. The Bertz CT molecular complexity index is 988. The van der Waals surface area contributed by atoms with E-state index in [1.807, 2.05) is 0 Å². The zero-order valence-electron chi connectivity index (χ0n) is 12.1. The molecule has 3 aromatic rings. The molecule has 0 radical (unpaired) electrons. The lowest BCUT2D eigenvalue weighted by Gasteiger charge is -2.10. The van der Waals surface area contributed by atoms with E-state index in [1.165, 1.54) is 36.0 Å². The van der Waals surface area contributed by atoms with Crippen molar-refractivity contribution in [3.63, 3.8) is 0 Å². The number of rotatable bonds is 3. The van der Waals surface area contributed by atoms with Gasteiger partial charge in [-0.1, -0.05) is 29.8 Å². The van der Waals surface area contributed by atoms with Crippen LogP contribution >= 0.6 is 23.4 Å². The highest BCUT2D eigenvalue weighted by Gasteiger charge is 2.17. The number of halogens is 3. The van der Waals surface area contributed by atoms with Crippen LogP contribution in [0.1, 0.15) is 11.1 Å². The second-order valence-electron chi connectivity index (χ2n) is 4.91. The molecule has 0 amide bonds. The van der Waals surface area contributed by atoms with Crippen LogP contribution in [-0.2, 0) is 5.75 Å². The molecule has 3 nitrogen and oxygen atoms in total. The van der Waals surface area contributed by atoms with E-state index in [2.05, 4.69) is 4.98 Å². The lowest BCUT2D eigenvalue weighted by Crippen LogP contribution is -1.93. The lowest BCUT2D eigenvalue weighted by molar-refractivity contribution is 0.448. The van der Waals surface area contributed by atoms with Crippen molar-refractivity contribution in [2.24, 2.45) is 0 Å². The highest BCUT2D eigenvalue weighted by molar-refractivity contribution is 7.98. The number of hydrogen-bond acceptors (Lipinski definition) is 4. The van der Waals surface area contributed by atoms with E-state index in [1.54, 1.807) is 18.2 Å². The third-order valence-corrected chi connectivity index (χ3v) is 4.81. The minimum atomic E-state index is -0.608. The van der Waals surface area contributed by atoms with Gasteiger partial charge in [-0.05, 0) is 23.8 Å². The van der Waals surface area contributed by atoms with E-state index >= 15 is 0 Å². The zero-order valence-corrected chi connectivity index (χ0v) is 13.6. The molecule has 0 saturated heterocycles. The summed E-state index contributed by atoms with van der Waals surface area (Å²) >= 11 is 7.20. The average Bonchev–Trinajstić information content (AvgIpc) is 2.54. The van der Waals surface area contributed by atoms with Crippen LogP contribution < -0.4 is 0 Å². The fourth-order valence-corrected chi connectivity index (χ4v) is 3.62. The standard InChI is InChI=1S/C17H9ClF2N2OS/c18-13-6-10(19)5-4-9(13)8-24-17-11-2-1-3-14(20)15(11)12(7-21)16(23)22-17/h1-6H,8H2,(H,22,23). The van der Waals surface area contributed by atoms with Gasteiger partial charge in [0.2, 0.25) is 5.88 Å². The predicted octanol–water partition coefficient (Wildman–Crippen LogP) is 5.04. The maximum atomic E-state index is 14.1. The maximum absolute atomic E-state index is 14.1. The molecule has 0 aliphatic carbocycles. The van der Waals surface area contributed by atoms with Gasteiger partial charge in [0.1, 0.15) is 28.3 Å². The zero-order chi connectivity index (χ0) is 17.3. The highest BCUT2D eigenvalue weighted by Crippen LogP contribution is 2.36. The first-order valence-electron chi connectivity index (χ1n) is 6.79. The fraction of sp³-hybridized carbons (Fsp3) is 0.0588. The second kappa shape index (κ2) is 6.63. The van der Waals surface area contributed by atoms with Crippen molar-refractivity contribution in [2.75, 3.05) is 0 Å². The van der Waals surface area contributed by atoms with E-state index in [-0.39, 0.29) is 16.0 Å². The molecule has 3 rings (SSSR count). The van der Waals surface area contributed by atoms with Gasteiger partial charge in [0, 0.05) is 21.5 Å². The number of pyridine rings is 1. The molecule has 1 N–H and O–H groups in total.